The van der Waals surface area contributed by atoms with Gasteiger partial charge in [0.15, 0.2) is 0 Å². The number of rotatable bonds is 2. The SMILES string of the molecule is Cc1cc(C)cc(C)c1.O=[C-]C(=O)[C-]=O.[Cr+2]. The first-order valence-corrected chi connectivity index (χ1v) is 4.34. The van der Waals surface area contributed by atoms with Crippen LogP contribution < -0.4 is 0 Å². The van der Waals surface area contributed by atoms with Crippen molar-refractivity contribution >= 4 is 18.4 Å². The Balaban J connectivity index is 0. The molecule has 0 N–H and O–H groups in total. The van der Waals surface area contributed by atoms with Gasteiger partial charge in [0.25, 0.3) is 0 Å². The number of hydrogen-bond acceptors (Lipinski definition) is 3. The molecule has 0 heterocycles. The molecule has 3 nitrogen and oxygen atoms in total. The molecular weight excluding hydrogens is 244 g/mol. The van der Waals surface area contributed by atoms with E-state index >= 15 is 0 Å². The van der Waals surface area contributed by atoms with Gasteiger partial charge in [0.2, 0.25) is 0 Å². The average molecular weight is 256 g/mol. The zero-order valence-electron chi connectivity index (χ0n) is 9.37. The number of benzene rings is 1. The van der Waals surface area contributed by atoms with E-state index < -0.39 is 5.78 Å². The number of carbonyl (C=O) groups excluding carboxylic acids is 3. The molecule has 1 aromatic carbocycles. The van der Waals surface area contributed by atoms with Gasteiger partial charge in [0.05, 0.1) is 0 Å². The molecule has 84 valence electrons. The molecule has 0 radical (unpaired) electrons. The van der Waals surface area contributed by atoms with Gasteiger partial charge in [-0.15, -0.1) is 5.78 Å². The predicted octanol–water partition coefficient (Wildman–Crippen LogP) is 1.38. The first-order valence-electron chi connectivity index (χ1n) is 4.34. The van der Waals surface area contributed by atoms with Gasteiger partial charge in [-0.2, -0.15) is 0 Å². The summed E-state index contributed by atoms with van der Waals surface area (Å²) in [6.45, 7) is 6.38. The van der Waals surface area contributed by atoms with E-state index in [1.807, 2.05) is 0 Å². The Morgan fingerprint density at radius 1 is 0.875 bits per heavy atom. The van der Waals surface area contributed by atoms with Gasteiger partial charge in [-0.3, -0.25) is 0 Å². The van der Waals surface area contributed by atoms with Crippen molar-refractivity contribution in [1.29, 1.82) is 0 Å². The van der Waals surface area contributed by atoms with Crippen molar-refractivity contribution in [3.8, 4) is 0 Å². The Bertz CT molecular complexity index is 312. The zero-order chi connectivity index (χ0) is 11.8. The van der Waals surface area contributed by atoms with Crippen LogP contribution in [0.2, 0.25) is 0 Å². The Hall–Kier alpha value is -1.24. The van der Waals surface area contributed by atoms with E-state index in [0.29, 0.717) is 0 Å². The van der Waals surface area contributed by atoms with E-state index in [0.717, 1.165) is 12.6 Å². The molecule has 0 aromatic heterocycles. The third-order valence-electron chi connectivity index (χ3n) is 1.55. The fraction of sp³-hybridized carbons (Fsp3) is 0.250. The Labute approximate surface area is 106 Å². The van der Waals surface area contributed by atoms with E-state index in [2.05, 4.69) is 39.0 Å². The van der Waals surface area contributed by atoms with E-state index in [9.17, 15) is 4.79 Å². The molecule has 16 heavy (non-hydrogen) atoms. The first-order chi connectivity index (χ1) is 6.99. The largest absolute Gasteiger partial charge is 2.00 e. The molecule has 0 saturated carbocycles. The summed E-state index contributed by atoms with van der Waals surface area (Å²) in [5.74, 6) is -1.27. The second-order valence-corrected chi connectivity index (χ2v) is 3.20. The van der Waals surface area contributed by atoms with Crippen LogP contribution in [-0.2, 0) is 31.7 Å². The molecule has 0 aliphatic rings. The van der Waals surface area contributed by atoms with Crippen LogP contribution in [0.3, 0.4) is 0 Å². The number of carbonyl (C=O) groups is 1. The predicted molar refractivity (Wildman–Crippen MR) is 57.0 cm³/mol. The van der Waals surface area contributed by atoms with Crippen molar-refractivity contribution in [3.63, 3.8) is 0 Å². The Morgan fingerprint density at radius 3 is 1.25 bits per heavy atom. The average Bonchev–Trinajstić information content (AvgIpc) is 2.15. The summed E-state index contributed by atoms with van der Waals surface area (Å²) < 4.78 is 0. The van der Waals surface area contributed by atoms with E-state index in [1.54, 1.807) is 0 Å². The van der Waals surface area contributed by atoms with Gasteiger partial charge in [-0.25, -0.2) is 12.6 Å². The van der Waals surface area contributed by atoms with Crippen molar-refractivity contribution in [2.45, 2.75) is 20.8 Å². The van der Waals surface area contributed by atoms with Crippen LogP contribution in [0.1, 0.15) is 16.7 Å². The number of Topliss-reactive ketones (excluding diaryl/α,β-unsaturated/α-hetero) is 1. The molecule has 1 aromatic rings. The molecule has 0 spiro atoms. The normalized spacial score (nSPS) is 7.94. The zero-order valence-corrected chi connectivity index (χ0v) is 10.6. The fourth-order valence-electron chi connectivity index (χ4n) is 1.22. The number of aryl methyl sites for hydroxylation is 3. The Morgan fingerprint density at radius 2 is 1.12 bits per heavy atom. The summed E-state index contributed by atoms with van der Waals surface area (Å²) >= 11 is 0. The van der Waals surface area contributed by atoms with E-state index in [4.69, 9.17) is 9.59 Å². The maximum absolute atomic E-state index is 9.33. The summed E-state index contributed by atoms with van der Waals surface area (Å²) in [7, 11) is 0. The summed E-state index contributed by atoms with van der Waals surface area (Å²) in [4.78, 5) is 27.3. The molecule has 1 rings (SSSR count). The summed E-state index contributed by atoms with van der Waals surface area (Å²) in [6, 6.07) is 6.56. The summed E-state index contributed by atoms with van der Waals surface area (Å²) in [6.07, 6.45) is 1.60. The van der Waals surface area contributed by atoms with Crippen LogP contribution in [0.4, 0.5) is 0 Å². The van der Waals surface area contributed by atoms with Crippen molar-refractivity contribution in [2.24, 2.45) is 0 Å². The molecule has 0 bridgehead atoms. The van der Waals surface area contributed by atoms with Crippen molar-refractivity contribution in [3.05, 3.63) is 34.9 Å². The van der Waals surface area contributed by atoms with Crippen molar-refractivity contribution in [1.82, 2.24) is 0 Å². The van der Waals surface area contributed by atoms with Gasteiger partial charge in [0, 0.05) is 0 Å². The summed E-state index contributed by atoms with van der Waals surface area (Å²) in [5.41, 5.74) is 4.06. The summed E-state index contributed by atoms with van der Waals surface area (Å²) in [5, 5.41) is 0. The third kappa shape index (κ3) is 8.10. The van der Waals surface area contributed by atoms with Gasteiger partial charge in [0.1, 0.15) is 0 Å². The van der Waals surface area contributed by atoms with E-state index in [-0.39, 0.29) is 17.4 Å². The maximum Gasteiger partial charge on any atom is 2.00 e. The molecule has 0 saturated heterocycles. The van der Waals surface area contributed by atoms with Crippen LogP contribution in [0.25, 0.3) is 0 Å². The molecule has 0 fully saturated rings. The quantitative estimate of drug-likeness (QED) is 0.456. The number of hydrogen-bond donors (Lipinski definition) is 0. The van der Waals surface area contributed by atoms with Gasteiger partial charge < -0.3 is 14.4 Å². The van der Waals surface area contributed by atoms with Crippen molar-refractivity contribution < 1.29 is 31.7 Å². The minimum Gasteiger partial charge on any atom is -0.537 e. The molecule has 0 aliphatic heterocycles. The monoisotopic (exact) mass is 256 g/mol. The number of ketones is 1. The van der Waals surface area contributed by atoms with Crippen molar-refractivity contribution in [2.75, 3.05) is 0 Å². The van der Waals surface area contributed by atoms with Gasteiger partial charge >= 0.3 is 17.4 Å². The second-order valence-electron chi connectivity index (χ2n) is 3.20. The standard InChI is InChI=1S/C9H12.C3O3.Cr/c1-7-4-8(2)6-9(3)5-7;4-1-3(6)2-5;/h4-6H,1-3H3;;/q;-2;+2. The topological polar surface area (TPSA) is 51.2 Å². The van der Waals surface area contributed by atoms with Crippen LogP contribution in [0.5, 0.6) is 0 Å². The molecule has 4 heteroatoms. The molecule has 0 atom stereocenters. The van der Waals surface area contributed by atoms with E-state index in [1.165, 1.54) is 16.7 Å². The minimum absolute atomic E-state index is 0. The van der Waals surface area contributed by atoms with Crippen LogP contribution in [-0.4, -0.2) is 18.4 Å². The van der Waals surface area contributed by atoms with Crippen LogP contribution in [0, 0.1) is 20.8 Å². The molecular formula is C12H12CrO3. The first kappa shape index (κ1) is 17.2. The second kappa shape index (κ2) is 9.02. The third-order valence-corrected chi connectivity index (χ3v) is 1.55. The smallest absolute Gasteiger partial charge is 0.537 e. The fourth-order valence-corrected chi connectivity index (χ4v) is 1.22. The Kier molecular flexibility index (Phi) is 9.68. The van der Waals surface area contributed by atoms with Gasteiger partial charge in [-0.1, -0.05) is 34.9 Å². The van der Waals surface area contributed by atoms with Gasteiger partial charge in [-0.05, 0) is 20.8 Å². The minimum atomic E-state index is -1.27. The molecule has 0 aliphatic carbocycles. The van der Waals surface area contributed by atoms with Crippen LogP contribution in [0.15, 0.2) is 18.2 Å². The molecule has 0 unspecified atom stereocenters. The van der Waals surface area contributed by atoms with Crippen LogP contribution >= 0.6 is 0 Å². The maximum atomic E-state index is 9.33. The molecule has 0 amide bonds.